The van der Waals surface area contributed by atoms with Gasteiger partial charge in [0.05, 0.1) is 33.7 Å². The van der Waals surface area contributed by atoms with E-state index in [9.17, 15) is 4.79 Å². The first-order chi connectivity index (χ1) is 14.5. The first kappa shape index (κ1) is 20.7. The Bertz CT molecular complexity index is 999. The van der Waals surface area contributed by atoms with Gasteiger partial charge in [0, 0.05) is 30.4 Å². The van der Waals surface area contributed by atoms with Crippen LogP contribution in [0.5, 0.6) is 28.9 Å². The normalized spacial score (nSPS) is 10.1. The van der Waals surface area contributed by atoms with Crippen LogP contribution in [-0.4, -0.2) is 37.2 Å². The van der Waals surface area contributed by atoms with Gasteiger partial charge in [0.2, 0.25) is 17.5 Å². The number of methoxy groups -OCH3 is 3. The van der Waals surface area contributed by atoms with E-state index in [1.807, 2.05) is 0 Å². The summed E-state index contributed by atoms with van der Waals surface area (Å²) in [6, 6.07) is 10.5. The molecule has 0 saturated heterocycles. The van der Waals surface area contributed by atoms with Gasteiger partial charge in [-0.05, 0) is 24.3 Å². The molecule has 0 aliphatic rings. The number of anilines is 3. The topological polar surface area (TPSA) is 104 Å². The van der Waals surface area contributed by atoms with E-state index in [-0.39, 0.29) is 5.91 Å². The van der Waals surface area contributed by atoms with Gasteiger partial charge < -0.3 is 29.6 Å². The Kier molecular flexibility index (Phi) is 6.53. The molecule has 0 saturated carbocycles. The second kappa shape index (κ2) is 9.46. The molecule has 9 heteroatoms. The fraction of sp³-hybridized carbons (Fsp3) is 0.190. The van der Waals surface area contributed by atoms with Crippen molar-refractivity contribution < 1.29 is 23.7 Å². The molecule has 1 aromatic heterocycles. The van der Waals surface area contributed by atoms with Crippen molar-refractivity contribution in [2.45, 2.75) is 6.92 Å². The smallest absolute Gasteiger partial charge is 0.239 e. The minimum Gasteiger partial charge on any atom is -0.493 e. The molecular formula is C21H22N4O5. The van der Waals surface area contributed by atoms with E-state index in [1.54, 1.807) is 63.9 Å². The molecule has 2 aromatic carbocycles. The Balaban J connectivity index is 1.76. The largest absolute Gasteiger partial charge is 0.493 e. The van der Waals surface area contributed by atoms with Gasteiger partial charge in [0.15, 0.2) is 17.3 Å². The molecule has 0 aliphatic heterocycles. The van der Waals surface area contributed by atoms with Crippen molar-refractivity contribution in [3.8, 4) is 28.9 Å². The number of carbonyl (C=O) groups is 1. The highest BCUT2D eigenvalue weighted by Crippen LogP contribution is 2.40. The highest BCUT2D eigenvalue weighted by atomic mass is 16.5. The number of amides is 1. The number of benzene rings is 2. The average Bonchev–Trinajstić information content (AvgIpc) is 2.74. The molecule has 3 aromatic rings. The number of hydrogen-bond acceptors (Lipinski definition) is 8. The van der Waals surface area contributed by atoms with E-state index < -0.39 is 0 Å². The monoisotopic (exact) mass is 410 g/mol. The summed E-state index contributed by atoms with van der Waals surface area (Å²) in [5, 5.41) is 5.84. The zero-order chi connectivity index (χ0) is 21.5. The minimum atomic E-state index is -0.139. The van der Waals surface area contributed by atoms with E-state index in [0.717, 1.165) is 0 Å². The minimum absolute atomic E-state index is 0.139. The molecular weight excluding hydrogens is 388 g/mol. The predicted molar refractivity (Wildman–Crippen MR) is 112 cm³/mol. The average molecular weight is 410 g/mol. The molecule has 0 atom stereocenters. The summed E-state index contributed by atoms with van der Waals surface area (Å²) in [6.07, 6.45) is 3.07. The number of rotatable bonds is 8. The van der Waals surface area contributed by atoms with Crippen molar-refractivity contribution >= 4 is 23.1 Å². The maximum atomic E-state index is 11.1. The maximum absolute atomic E-state index is 11.1. The summed E-state index contributed by atoms with van der Waals surface area (Å²) >= 11 is 0. The van der Waals surface area contributed by atoms with Crippen LogP contribution >= 0.6 is 0 Å². The van der Waals surface area contributed by atoms with E-state index in [4.69, 9.17) is 18.9 Å². The lowest BCUT2D eigenvalue weighted by Crippen LogP contribution is -2.05. The number of nitrogens with zero attached hydrogens (tertiary/aromatic N) is 2. The SMILES string of the molecule is COc1cc(Nc2cncc(Oc3ccc(NC(C)=O)cc3)n2)cc(OC)c1OC. The van der Waals surface area contributed by atoms with E-state index in [1.165, 1.54) is 13.1 Å². The van der Waals surface area contributed by atoms with Gasteiger partial charge in [-0.15, -0.1) is 0 Å². The third-order valence-electron chi connectivity index (χ3n) is 3.95. The van der Waals surface area contributed by atoms with Crippen molar-refractivity contribution in [1.29, 1.82) is 0 Å². The summed E-state index contributed by atoms with van der Waals surface area (Å²) in [7, 11) is 4.64. The fourth-order valence-electron chi connectivity index (χ4n) is 2.69. The van der Waals surface area contributed by atoms with Crippen molar-refractivity contribution in [3.63, 3.8) is 0 Å². The Morgan fingerprint density at radius 1 is 0.900 bits per heavy atom. The van der Waals surface area contributed by atoms with Gasteiger partial charge in [0.1, 0.15) is 5.75 Å². The van der Waals surface area contributed by atoms with Gasteiger partial charge in [-0.25, -0.2) is 0 Å². The quantitative estimate of drug-likeness (QED) is 0.574. The molecule has 0 fully saturated rings. The van der Waals surface area contributed by atoms with Crippen LogP contribution in [0.1, 0.15) is 6.92 Å². The Labute approximate surface area is 174 Å². The maximum Gasteiger partial charge on any atom is 0.239 e. The standard InChI is InChI=1S/C21H22N4O5/c1-13(26)23-14-5-7-16(8-6-14)30-20-12-22-11-19(25-20)24-15-9-17(27-2)21(29-4)18(10-15)28-3/h5-12H,1-4H3,(H,23,26)(H,24,25). The van der Waals surface area contributed by atoms with Gasteiger partial charge in [0.25, 0.3) is 0 Å². The molecule has 9 nitrogen and oxygen atoms in total. The van der Waals surface area contributed by atoms with Crippen LogP contribution in [0.4, 0.5) is 17.2 Å². The van der Waals surface area contributed by atoms with Crippen molar-refractivity contribution in [1.82, 2.24) is 9.97 Å². The summed E-state index contributed by atoms with van der Waals surface area (Å²) in [4.78, 5) is 19.7. The second-order valence-corrected chi connectivity index (χ2v) is 6.09. The van der Waals surface area contributed by atoms with Gasteiger partial charge in [-0.2, -0.15) is 4.98 Å². The Morgan fingerprint density at radius 2 is 1.57 bits per heavy atom. The van der Waals surface area contributed by atoms with Crippen LogP contribution in [0.2, 0.25) is 0 Å². The lowest BCUT2D eigenvalue weighted by molar-refractivity contribution is -0.114. The summed E-state index contributed by atoms with van der Waals surface area (Å²) in [5.74, 6) is 2.72. The Hall–Kier alpha value is -4.01. The number of aromatic nitrogens is 2. The first-order valence-electron chi connectivity index (χ1n) is 8.97. The van der Waals surface area contributed by atoms with Crippen LogP contribution in [0, 0.1) is 0 Å². The summed E-state index contributed by atoms with van der Waals surface area (Å²) < 4.78 is 21.8. The van der Waals surface area contributed by atoms with Crippen LogP contribution in [0.15, 0.2) is 48.8 Å². The molecule has 0 aliphatic carbocycles. The van der Waals surface area contributed by atoms with E-state index >= 15 is 0 Å². The Morgan fingerprint density at radius 3 is 2.13 bits per heavy atom. The molecule has 0 bridgehead atoms. The zero-order valence-corrected chi connectivity index (χ0v) is 17.1. The van der Waals surface area contributed by atoms with Crippen LogP contribution in [0.3, 0.4) is 0 Å². The molecule has 1 amide bonds. The summed E-state index contributed by atoms with van der Waals surface area (Å²) in [6.45, 7) is 1.45. The highest BCUT2D eigenvalue weighted by molar-refractivity contribution is 5.88. The van der Waals surface area contributed by atoms with Crippen LogP contribution in [0.25, 0.3) is 0 Å². The third kappa shape index (κ3) is 5.07. The lowest BCUT2D eigenvalue weighted by atomic mass is 10.2. The van der Waals surface area contributed by atoms with Crippen LogP contribution in [-0.2, 0) is 4.79 Å². The molecule has 30 heavy (non-hydrogen) atoms. The third-order valence-corrected chi connectivity index (χ3v) is 3.95. The molecule has 0 radical (unpaired) electrons. The molecule has 3 rings (SSSR count). The fourth-order valence-corrected chi connectivity index (χ4v) is 2.69. The molecule has 2 N–H and O–H groups in total. The molecule has 0 spiro atoms. The van der Waals surface area contributed by atoms with Crippen LogP contribution < -0.4 is 29.6 Å². The first-order valence-corrected chi connectivity index (χ1v) is 8.97. The highest BCUT2D eigenvalue weighted by Gasteiger charge is 2.14. The van der Waals surface area contributed by atoms with E-state index in [0.29, 0.717) is 46.1 Å². The number of nitrogens with one attached hydrogen (secondary N) is 2. The van der Waals surface area contributed by atoms with Gasteiger partial charge >= 0.3 is 0 Å². The van der Waals surface area contributed by atoms with Crippen molar-refractivity contribution in [2.75, 3.05) is 32.0 Å². The van der Waals surface area contributed by atoms with E-state index in [2.05, 4.69) is 20.6 Å². The van der Waals surface area contributed by atoms with Gasteiger partial charge in [-0.1, -0.05) is 0 Å². The second-order valence-electron chi connectivity index (χ2n) is 6.09. The lowest BCUT2D eigenvalue weighted by Gasteiger charge is -2.15. The summed E-state index contributed by atoms with van der Waals surface area (Å²) in [5.41, 5.74) is 1.36. The number of carbonyl (C=O) groups excluding carboxylic acids is 1. The predicted octanol–water partition coefficient (Wildman–Crippen LogP) is 4.00. The molecule has 1 heterocycles. The molecule has 156 valence electrons. The van der Waals surface area contributed by atoms with Gasteiger partial charge in [-0.3, -0.25) is 9.78 Å². The zero-order valence-electron chi connectivity index (χ0n) is 17.1. The number of ether oxygens (including phenoxy) is 4. The molecule has 0 unspecified atom stereocenters. The van der Waals surface area contributed by atoms with Crippen molar-refractivity contribution in [3.05, 3.63) is 48.8 Å². The number of hydrogen-bond donors (Lipinski definition) is 2. The van der Waals surface area contributed by atoms with Crippen molar-refractivity contribution in [2.24, 2.45) is 0 Å².